The lowest BCUT2D eigenvalue weighted by Gasteiger charge is -2.25. The van der Waals surface area contributed by atoms with E-state index in [1.807, 2.05) is 19.1 Å². The Bertz CT molecular complexity index is 442. The number of nitrogens with one attached hydrogen (secondary N) is 1. The third-order valence-corrected chi connectivity index (χ3v) is 3.82. The van der Waals surface area contributed by atoms with Gasteiger partial charge in [-0.1, -0.05) is 26.0 Å². The number of rotatable bonds is 8. The lowest BCUT2D eigenvalue weighted by Crippen LogP contribution is -2.48. The van der Waals surface area contributed by atoms with E-state index in [4.69, 9.17) is 9.47 Å². The molecule has 1 aromatic rings. The molecule has 0 radical (unpaired) electrons. The Morgan fingerprint density at radius 2 is 1.90 bits per heavy atom. The molecular formula is C17H27NO3. The molecule has 0 fully saturated rings. The van der Waals surface area contributed by atoms with Gasteiger partial charge in [-0.15, -0.1) is 0 Å². The fraction of sp³-hybridized carbons (Fsp3) is 0.588. The van der Waals surface area contributed by atoms with E-state index in [2.05, 4.69) is 31.3 Å². The monoisotopic (exact) mass is 293 g/mol. The van der Waals surface area contributed by atoms with Crippen molar-refractivity contribution in [2.45, 2.75) is 45.1 Å². The average Bonchev–Trinajstić information content (AvgIpc) is 2.50. The van der Waals surface area contributed by atoms with Crippen LogP contribution in [0, 0.1) is 0 Å². The molecule has 1 atom stereocenters. The van der Waals surface area contributed by atoms with Gasteiger partial charge in [0.2, 0.25) is 0 Å². The summed E-state index contributed by atoms with van der Waals surface area (Å²) in [5.41, 5.74) is 0.649. The van der Waals surface area contributed by atoms with Crippen LogP contribution >= 0.6 is 0 Å². The van der Waals surface area contributed by atoms with E-state index in [-0.39, 0.29) is 5.97 Å². The summed E-state index contributed by atoms with van der Waals surface area (Å²) in [5, 5.41) is 3.02. The zero-order valence-corrected chi connectivity index (χ0v) is 13.7. The van der Waals surface area contributed by atoms with Crippen molar-refractivity contribution in [3.8, 4) is 5.75 Å². The number of carbonyl (C=O) groups excluding carboxylic acids is 1. The molecule has 0 aliphatic heterocycles. The zero-order chi connectivity index (χ0) is 15.9. The zero-order valence-electron chi connectivity index (χ0n) is 13.7. The Morgan fingerprint density at radius 3 is 2.38 bits per heavy atom. The lowest BCUT2D eigenvalue weighted by molar-refractivity contribution is -0.148. The minimum atomic E-state index is -0.653. The highest BCUT2D eigenvalue weighted by Crippen LogP contribution is 2.19. The maximum absolute atomic E-state index is 11.7. The maximum Gasteiger partial charge on any atom is 0.325 e. The van der Waals surface area contributed by atoms with Crippen LogP contribution in [0.25, 0.3) is 0 Å². The smallest absolute Gasteiger partial charge is 0.325 e. The molecule has 0 spiro atoms. The summed E-state index contributed by atoms with van der Waals surface area (Å²) in [7, 11) is 3.17. The second kappa shape index (κ2) is 8.03. The summed E-state index contributed by atoms with van der Waals surface area (Å²) >= 11 is 0. The largest absolute Gasteiger partial charge is 0.494 e. The molecule has 0 aliphatic carbocycles. The molecule has 1 N–H and O–H groups in total. The van der Waals surface area contributed by atoms with Gasteiger partial charge in [-0.3, -0.25) is 4.79 Å². The first-order chi connectivity index (χ1) is 9.92. The van der Waals surface area contributed by atoms with Crippen LogP contribution in [-0.4, -0.2) is 32.3 Å². The maximum atomic E-state index is 11.7. The Balaban J connectivity index is 2.41. The predicted molar refractivity (Wildman–Crippen MR) is 84.7 cm³/mol. The van der Waals surface area contributed by atoms with Crippen molar-refractivity contribution in [3.63, 3.8) is 0 Å². The molecule has 4 heteroatoms. The standard InChI is InChI=1S/C17H27NO3/c1-13(2)14-7-9-15(10-8-14)21-12-6-11-17(3,18-4)16(19)20-5/h7-10,13,18H,6,11-12H2,1-5H3. The number of methoxy groups -OCH3 is 1. The van der Waals surface area contributed by atoms with E-state index >= 15 is 0 Å². The van der Waals surface area contributed by atoms with Crippen LogP contribution in [-0.2, 0) is 9.53 Å². The molecule has 4 nitrogen and oxygen atoms in total. The Kier molecular flexibility index (Phi) is 6.69. The van der Waals surface area contributed by atoms with Gasteiger partial charge in [0.15, 0.2) is 0 Å². The molecule has 0 heterocycles. The van der Waals surface area contributed by atoms with Crippen molar-refractivity contribution >= 4 is 5.97 Å². The first-order valence-corrected chi connectivity index (χ1v) is 7.43. The number of hydrogen-bond acceptors (Lipinski definition) is 4. The third-order valence-electron chi connectivity index (χ3n) is 3.82. The normalized spacial score (nSPS) is 13.8. The Labute approximate surface area is 127 Å². The number of ether oxygens (including phenoxy) is 2. The molecule has 0 saturated heterocycles. The molecular weight excluding hydrogens is 266 g/mol. The van der Waals surface area contributed by atoms with Gasteiger partial charge in [-0.2, -0.15) is 0 Å². The van der Waals surface area contributed by atoms with Crippen molar-refractivity contribution in [3.05, 3.63) is 29.8 Å². The highest BCUT2D eigenvalue weighted by molar-refractivity contribution is 5.80. The van der Waals surface area contributed by atoms with Crippen molar-refractivity contribution in [1.82, 2.24) is 5.32 Å². The average molecular weight is 293 g/mol. The van der Waals surface area contributed by atoms with Crippen molar-refractivity contribution < 1.29 is 14.3 Å². The Morgan fingerprint density at radius 1 is 1.29 bits per heavy atom. The first kappa shape index (κ1) is 17.5. The number of benzene rings is 1. The van der Waals surface area contributed by atoms with Crippen LogP contribution in [0.3, 0.4) is 0 Å². The summed E-state index contributed by atoms with van der Waals surface area (Å²) in [5.74, 6) is 1.14. The van der Waals surface area contributed by atoms with Crippen LogP contribution < -0.4 is 10.1 Å². The molecule has 21 heavy (non-hydrogen) atoms. The minimum absolute atomic E-state index is 0.244. The molecule has 1 rings (SSSR count). The van der Waals surface area contributed by atoms with Crippen molar-refractivity contribution in [2.75, 3.05) is 20.8 Å². The van der Waals surface area contributed by atoms with Crippen molar-refractivity contribution in [2.24, 2.45) is 0 Å². The minimum Gasteiger partial charge on any atom is -0.494 e. The molecule has 0 bridgehead atoms. The molecule has 0 aliphatic rings. The molecule has 118 valence electrons. The van der Waals surface area contributed by atoms with E-state index < -0.39 is 5.54 Å². The summed E-state index contributed by atoms with van der Waals surface area (Å²) in [6, 6.07) is 8.16. The summed E-state index contributed by atoms with van der Waals surface area (Å²) in [6.07, 6.45) is 1.44. The molecule has 1 unspecified atom stereocenters. The fourth-order valence-electron chi connectivity index (χ4n) is 2.12. The fourth-order valence-corrected chi connectivity index (χ4v) is 2.12. The first-order valence-electron chi connectivity index (χ1n) is 7.43. The van der Waals surface area contributed by atoms with Crippen LogP contribution in [0.4, 0.5) is 0 Å². The second-order valence-corrected chi connectivity index (χ2v) is 5.75. The van der Waals surface area contributed by atoms with Gasteiger partial charge in [-0.25, -0.2) is 0 Å². The van der Waals surface area contributed by atoms with Gasteiger partial charge in [-0.05, 0) is 50.4 Å². The SMILES string of the molecule is CNC(C)(CCCOc1ccc(C(C)C)cc1)C(=O)OC. The van der Waals surface area contributed by atoms with Crippen LogP contribution in [0.1, 0.15) is 45.1 Å². The van der Waals surface area contributed by atoms with Gasteiger partial charge in [0, 0.05) is 0 Å². The van der Waals surface area contributed by atoms with Gasteiger partial charge >= 0.3 is 5.97 Å². The summed E-state index contributed by atoms with van der Waals surface area (Å²) in [4.78, 5) is 11.7. The third kappa shape index (κ3) is 5.05. The van der Waals surface area contributed by atoms with E-state index in [1.165, 1.54) is 12.7 Å². The second-order valence-electron chi connectivity index (χ2n) is 5.75. The summed E-state index contributed by atoms with van der Waals surface area (Å²) < 4.78 is 10.5. The van der Waals surface area contributed by atoms with E-state index in [0.29, 0.717) is 18.9 Å². The molecule has 0 amide bonds. The predicted octanol–water partition coefficient (Wildman–Crippen LogP) is 3.12. The van der Waals surface area contributed by atoms with Crippen LogP contribution in [0.2, 0.25) is 0 Å². The van der Waals surface area contributed by atoms with Crippen LogP contribution in [0.15, 0.2) is 24.3 Å². The van der Waals surface area contributed by atoms with E-state index in [1.54, 1.807) is 7.05 Å². The van der Waals surface area contributed by atoms with Gasteiger partial charge in [0.1, 0.15) is 11.3 Å². The lowest BCUT2D eigenvalue weighted by atomic mass is 9.96. The van der Waals surface area contributed by atoms with Crippen LogP contribution in [0.5, 0.6) is 5.75 Å². The van der Waals surface area contributed by atoms with Crippen molar-refractivity contribution in [1.29, 1.82) is 0 Å². The number of esters is 1. The molecule has 0 aromatic heterocycles. The molecule has 0 saturated carbocycles. The topological polar surface area (TPSA) is 47.6 Å². The molecule has 1 aromatic carbocycles. The van der Waals surface area contributed by atoms with Gasteiger partial charge in [0.05, 0.1) is 13.7 Å². The highest BCUT2D eigenvalue weighted by Gasteiger charge is 2.31. The van der Waals surface area contributed by atoms with Gasteiger partial charge in [0.25, 0.3) is 0 Å². The summed E-state index contributed by atoms with van der Waals surface area (Å²) in [6.45, 7) is 6.76. The highest BCUT2D eigenvalue weighted by atomic mass is 16.5. The van der Waals surface area contributed by atoms with Gasteiger partial charge < -0.3 is 14.8 Å². The van der Waals surface area contributed by atoms with E-state index in [0.717, 1.165) is 12.2 Å². The number of likely N-dealkylation sites (N-methyl/N-ethyl adjacent to an activating group) is 1. The quantitative estimate of drug-likeness (QED) is 0.591. The number of hydrogen-bond donors (Lipinski definition) is 1. The number of carbonyl (C=O) groups is 1. The Hall–Kier alpha value is -1.55. The van der Waals surface area contributed by atoms with E-state index in [9.17, 15) is 4.79 Å².